The molecule has 2 unspecified atom stereocenters. The van der Waals surface area contributed by atoms with Crippen molar-refractivity contribution in [1.29, 1.82) is 0 Å². The van der Waals surface area contributed by atoms with Gasteiger partial charge in [-0.25, -0.2) is 4.79 Å². The maximum atomic E-state index is 12.9. The van der Waals surface area contributed by atoms with Crippen LogP contribution in [0.1, 0.15) is 16.6 Å². The Bertz CT molecular complexity index is 1250. The lowest BCUT2D eigenvalue weighted by molar-refractivity contribution is -0.150. The Labute approximate surface area is 217 Å². The van der Waals surface area contributed by atoms with Crippen LogP contribution in [0, 0.1) is 6.92 Å². The first kappa shape index (κ1) is 25.9. The molecule has 4 rings (SSSR count). The molecule has 1 saturated heterocycles. The number of carbonyl (C=O) groups excluding carboxylic acids is 3. The molecule has 3 heterocycles. The Hall–Kier alpha value is -3.14. The summed E-state index contributed by atoms with van der Waals surface area (Å²) in [7, 11) is 0. The first-order chi connectivity index (χ1) is 17.2. The molecule has 6 N–H and O–H groups in total. The number of carboxylic acid groups (broad SMARTS) is 1. The quantitative estimate of drug-likeness (QED) is 0.234. The highest BCUT2D eigenvalue weighted by Gasteiger charge is 2.54. The Morgan fingerprint density at radius 3 is 2.81 bits per heavy atom. The predicted molar refractivity (Wildman–Crippen MR) is 133 cm³/mol. The van der Waals surface area contributed by atoms with Gasteiger partial charge in [-0.1, -0.05) is 35.2 Å². The minimum atomic E-state index is -1.20. The number of nitrogens with one attached hydrogen (secondary N) is 1. The van der Waals surface area contributed by atoms with E-state index in [-0.39, 0.29) is 12.3 Å². The molecule has 190 valence electrons. The zero-order chi connectivity index (χ0) is 26.0. The predicted octanol–water partition coefficient (Wildman–Crippen LogP) is 0.241. The fourth-order valence-electron chi connectivity index (χ4n) is 3.63. The molecule has 0 radical (unpaired) electrons. The molecule has 2 aliphatic heterocycles. The molecule has 15 heteroatoms. The molecule has 0 bridgehead atoms. The van der Waals surface area contributed by atoms with E-state index in [1.165, 1.54) is 45.8 Å². The van der Waals surface area contributed by atoms with Crippen LogP contribution in [0.5, 0.6) is 5.75 Å². The van der Waals surface area contributed by atoms with Gasteiger partial charge in [0.05, 0.1) is 0 Å². The van der Waals surface area contributed by atoms with Gasteiger partial charge in [-0.15, -0.1) is 22.0 Å². The monoisotopic (exact) mass is 550 g/mol. The Morgan fingerprint density at radius 2 is 2.14 bits per heavy atom. The third-order valence-electron chi connectivity index (χ3n) is 5.31. The molecule has 0 spiro atoms. The van der Waals surface area contributed by atoms with Crippen LogP contribution in [0.2, 0.25) is 0 Å². The number of β-lactam (4-membered cyclic amide) rings is 1. The van der Waals surface area contributed by atoms with Gasteiger partial charge in [0.25, 0.3) is 11.8 Å². The molecular formula is C21H22N6O6S3. The summed E-state index contributed by atoms with van der Waals surface area (Å²) in [6.07, 6.45) is 0. The minimum Gasteiger partial charge on any atom is -0.484 e. The van der Waals surface area contributed by atoms with Gasteiger partial charge in [0.2, 0.25) is 5.91 Å². The van der Waals surface area contributed by atoms with Crippen LogP contribution in [-0.2, 0) is 19.2 Å². The van der Waals surface area contributed by atoms with Gasteiger partial charge in [0, 0.05) is 11.5 Å². The van der Waals surface area contributed by atoms with E-state index in [4.69, 9.17) is 16.2 Å². The summed E-state index contributed by atoms with van der Waals surface area (Å²) in [5, 5.41) is 20.7. The second-order valence-corrected chi connectivity index (χ2v) is 11.3. The van der Waals surface area contributed by atoms with Gasteiger partial charge >= 0.3 is 5.97 Å². The summed E-state index contributed by atoms with van der Waals surface area (Å²) in [6, 6.07) is 4.29. The number of nitrogens with zero attached hydrogens (tertiary/aromatic N) is 3. The molecule has 36 heavy (non-hydrogen) atoms. The van der Waals surface area contributed by atoms with Gasteiger partial charge < -0.3 is 26.6 Å². The number of hydrogen-bond acceptors (Lipinski definition) is 11. The van der Waals surface area contributed by atoms with E-state index in [1.807, 2.05) is 6.92 Å². The van der Waals surface area contributed by atoms with Gasteiger partial charge in [0.15, 0.2) is 10.9 Å². The Morgan fingerprint density at radius 1 is 1.36 bits per heavy atom. The number of thioether (sulfide) groups is 2. The lowest BCUT2D eigenvalue weighted by Gasteiger charge is -2.49. The van der Waals surface area contributed by atoms with Crippen LogP contribution in [0.25, 0.3) is 0 Å². The van der Waals surface area contributed by atoms with Crippen molar-refractivity contribution in [2.45, 2.75) is 28.7 Å². The number of aryl methyl sites for hydroxylation is 1. The van der Waals surface area contributed by atoms with Crippen molar-refractivity contribution in [2.24, 2.45) is 11.5 Å². The van der Waals surface area contributed by atoms with Gasteiger partial charge in [-0.05, 0) is 30.2 Å². The van der Waals surface area contributed by atoms with Crippen molar-refractivity contribution in [3.8, 4) is 5.75 Å². The van der Waals surface area contributed by atoms with Gasteiger partial charge in [-0.2, -0.15) is 0 Å². The van der Waals surface area contributed by atoms with E-state index in [9.17, 15) is 24.3 Å². The molecule has 1 aromatic carbocycles. The average molecular weight is 551 g/mol. The number of primary amides is 1. The molecular weight excluding hydrogens is 528 g/mol. The normalized spacial score (nSPS) is 19.8. The average Bonchev–Trinajstić information content (AvgIpc) is 3.28. The third kappa shape index (κ3) is 5.48. The SMILES string of the molecule is Cc1nnc(SCC2=C(C(=O)O)N3C(=O)C(NC(=O)C(N)c4cccc(OCC(N)=O)c4)[C@@H]3SC2)s1. The first-order valence-corrected chi connectivity index (χ1v) is 13.4. The highest BCUT2D eigenvalue weighted by atomic mass is 32.2. The molecule has 0 saturated carbocycles. The number of fused-ring (bicyclic) bond motifs is 1. The van der Waals surface area contributed by atoms with E-state index in [2.05, 4.69) is 15.5 Å². The van der Waals surface area contributed by atoms with Crippen LogP contribution in [0.4, 0.5) is 0 Å². The van der Waals surface area contributed by atoms with Gasteiger partial charge in [-0.3, -0.25) is 19.3 Å². The van der Waals surface area contributed by atoms with E-state index >= 15 is 0 Å². The van der Waals surface area contributed by atoms with E-state index in [0.29, 0.717) is 28.4 Å². The number of aromatic nitrogens is 2. The molecule has 2 aliphatic rings. The molecule has 3 atom stereocenters. The Balaban J connectivity index is 1.42. The standard InChI is InChI=1S/C21H22N6O6S3/c1-9-25-26-21(36-9)35-8-11-7-34-19-15(18(30)27(19)16(11)20(31)32)24-17(29)14(23)10-3-2-4-12(5-10)33-6-13(22)28/h2-5,14-15,19H,6-8,23H2,1H3,(H2,22,28)(H,24,29)(H,31,32)/t14?,15?,19-/m0/s1. The van der Waals surface area contributed by atoms with Crippen molar-refractivity contribution in [3.05, 3.63) is 46.1 Å². The largest absolute Gasteiger partial charge is 0.484 e. The number of amides is 3. The molecule has 3 amide bonds. The molecule has 0 aliphatic carbocycles. The molecule has 1 aromatic heterocycles. The van der Waals surface area contributed by atoms with Crippen LogP contribution < -0.4 is 21.5 Å². The van der Waals surface area contributed by atoms with Crippen LogP contribution in [-0.4, -0.2) is 73.4 Å². The van der Waals surface area contributed by atoms with Gasteiger partial charge in [0.1, 0.15) is 33.9 Å². The molecule has 12 nitrogen and oxygen atoms in total. The number of rotatable bonds is 10. The number of hydrogen-bond donors (Lipinski definition) is 4. The number of carboxylic acids is 1. The third-order valence-corrected chi connectivity index (χ3v) is 8.70. The second kappa shape index (κ2) is 10.9. The lowest BCUT2D eigenvalue weighted by atomic mass is 10.0. The molecule has 2 aromatic rings. The topological polar surface area (TPSA) is 191 Å². The first-order valence-electron chi connectivity index (χ1n) is 10.6. The van der Waals surface area contributed by atoms with E-state index in [1.54, 1.807) is 18.2 Å². The van der Waals surface area contributed by atoms with Crippen LogP contribution in [0.3, 0.4) is 0 Å². The van der Waals surface area contributed by atoms with Crippen molar-refractivity contribution < 1.29 is 29.0 Å². The fourth-order valence-corrected chi connectivity index (χ4v) is 6.93. The number of carbonyl (C=O) groups is 4. The second-order valence-electron chi connectivity index (χ2n) is 7.83. The van der Waals surface area contributed by atoms with Crippen LogP contribution in [0.15, 0.2) is 39.9 Å². The van der Waals surface area contributed by atoms with Crippen molar-refractivity contribution in [1.82, 2.24) is 20.4 Å². The lowest BCUT2D eigenvalue weighted by Crippen LogP contribution is -2.71. The summed E-state index contributed by atoms with van der Waals surface area (Å²) >= 11 is 4.15. The smallest absolute Gasteiger partial charge is 0.352 e. The van der Waals surface area contributed by atoms with Crippen molar-refractivity contribution in [2.75, 3.05) is 18.1 Å². The summed E-state index contributed by atoms with van der Waals surface area (Å²) in [6.45, 7) is 1.51. The maximum absolute atomic E-state index is 12.9. The number of aliphatic carboxylic acids is 1. The van der Waals surface area contributed by atoms with Crippen molar-refractivity contribution in [3.63, 3.8) is 0 Å². The zero-order valence-corrected chi connectivity index (χ0v) is 21.3. The van der Waals surface area contributed by atoms with E-state index in [0.717, 1.165) is 9.35 Å². The number of nitrogens with two attached hydrogens (primary N) is 2. The fraction of sp³-hybridized carbons (Fsp3) is 0.333. The highest BCUT2D eigenvalue weighted by Crippen LogP contribution is 2.42. The number of benzene rings is 1. The van der Waals surface area contributed by atoms with E-state index < -0.39 is 41.1 Å². The zero-order valence-electron chi connectivity index (χ0n) is 18.9. The summed E-state index contributed by atoms with van der Waals surface area (Å²) < 4.78 is 5.96. The van der Waals surface area contributed by atoms with Crippen molar-refractivity contribution >= 4 is 58.6 Å². The highest BCUT2D eigenvalue weighted by molar-refractivity contribution is 8.01. The van der Waals surface area contributed by atoms with Crippen LogP contribution >= 0.6 is 34.9 Å². The maximum Gasteiger partial charge on any atom is 0.352 e. The molecule has 1 fully saturated rings. The summed E-state index contributed by atoms with van der Waals surface area (Å²) in [4.78, 5) is 49.9. The Kier molecular flexibility index (Phi) is 7.82. The minimum absolute atomic E-state index is 0.0633. The number of ether oxygens (including phenoxy) is 1. The summed E-state index contributed by atoms with van der Waals surface area (Å²) in [5.41, 5.74) is 12.1. The summed E-state index contributed by atoms with van der Waals surface area (Å²) in [5.74, 6) is -1.91.